The predicted octanol–water partition coefficient (Wildman–Crippen LogP) is 17.7. The van der Waals surface area contributed by atoms with Gasteiger partial charge >= 0.3 is 0 Å². The molecule has 0 radical (unpaired) electrons. The number of hydrogen-bond donors (Lipinski definition) is 0. The van der Waals surface area contributed by atoms with Crippen molar-refractivity contribution in [3.05, 3.63) is 324 Å². The first-order valence-electron chi connectivity index (χ1n) is 25.8. The van der Waals surface area contributed by atoms with Gasteiger partial charge in [0.25, 0.3) is 0 Å². The summed E-state index contributed by atoms with van der Waals surface area (Å²) in [5.74, 6) is -1.02. The average molecular weight is 1010 g/mol. The summed E-state index contributed by atoms with van der Waals surface area (Å²) in [5, 5.41) is 0. The van der Waals surface area contributed by atoms with Crippen LogP contribution in [0.2, 0.25) is 0 Å². The zero-order valence-electron chi connectivity index (χ0n) is 42.2. The highest BCUT2D eigenvalue weighted by Gasteiger charge is 2.34. The highest BCUT2D eigenvalue weighted by Crippen LogP contribution is 2.39. The molecular weight excluding hydrogens is 957 g/mol. The van der Waals surface area contributed by atoms with Gasteiger partial charge in [-0.05, 0) is 154 Å². The fourth-order valence-electron chi connectivity index (χ4n) is 10.2. The zero-order chi connectivity index (χ0) is 53.0. The summed E-state index contributed by atoms with van der Waals surface area (Å²) >= 11 is 0. The van der Waals surface area contributed by atoms with Crippen LogP contribution in [0, 0.1) is 0 Å². The Morgan fingerprint density at radius 2 is 0.513 bits per heavy atom. The minimum absolute atomic E-state index is 0.167. The molecule has 0 N–H and O–H groups in total. The van der Waals surface area contributed by atoms with E-state index in [2.05, 4.69) is 107 Å². The van der Waals surface area contributed by atoms with E-state index in [9.17, 15) is 19.2 Å². The number of carbonyl (C=O) groups is 4. The first-order chi connectivity index (χ1) is 38.3. The smallest absolute Gasteiger partial charge is 0.197 e. The molecule has 2 aliphatic rings. The molecule has 0 saturated carbocycles. The van der Waals surface area contributed by atoms with Crippen molar-refractivity contribution in [2.45, 2.75) is 0 Å². The van der Waals surface area contributed by atoms with Crippen LogP contribution < -0.4 is 9.80 Å². The Balaban J connectivity index is 0.736. The fourth-order valence-corrected chi connectivity index (χ4v) is 10.2. The van der Waals surface area contributed by atoms with E-state index in [1.807, 2.05) is 158 Å². The highest BCUT2D eigenvalue weighted by molar-refractivity contribution is 6.40. The number of hydrogen-bond acceptors (Lipinski definition) is 6. The summed E-state index contributed by atoms with van der Waals surface area (Å²) in [4.78, 5) is 57.9. The fraction of sp³-hybridized carbons (Fsp3) is 0. The van der Waals surface area contributed by atoms with Crippen molar-refractivity contribution in [3.8, 4) is 33.4 Å². The molecular formula is C72H48N2O4. The molecule has 0 spiro atoms. The number of Topliss-reactive ketones (excluding diaryl/α,β-unsaturated/α-hetero) is 4. The van der Waals surface area contributed by atoms with Gasteiger partial charge in [-0.3, -0.25) is 19.2 Å². The molecule has 0 fully saturated rings. The minimum atomic E-state index is -0.255. The van der Waals surface area contributed by atoms with Gasteiger partial charge in [-0.15, -0.1) is 0 Å². The molecule has 0 bridgehead atoms. The van der Waals surface area contributed by atoms with Crippen molar-refractivity contribution < 1.29 is 19.2 Å². The molecule has 12 rings (SSSR count). The Labute approximate surface area is 453 Å². The van der Waals surface area contributed by atoms with Crippen LogP contribution in [0.3, 0.4) is 0 Å². The molecule has 10 aromatic rings. The Hall–Kier alpha value is -10.6. The molecule has 0 aromatic heterocycles. The first kappa shape index (κ1) is 48.4. The molecule has 0 unspecified atom stereocenters. The largest absolute Gasteiger partial charge is 0.311 e. The van der Waals surface area contributed by atoms with Gasteiger partial charge in [0.2, 0.25) is 0 Å². The van der Waals surface area contributed by atoms with E-state index in [-0.39, 0.29) is 34.3 Å². The third kappa shape index (κ3) is 9.69. The third-order valence-electron chi connectivity index (χ3n) is 14.2. The van der Waals surface area contributed by atoms with Gasteiger partial charge in [-0.2, -0.15) is 0 Å². The molecule has 2 aliphatic carbocycles. The van der Waals surface area contributed by atoms with Crippen molar-refractivity contribution in [1.29, 1.82) is 0 Å². The second-order valence-electron chi connectivity index (χ2n) is 19.1. The van der Waals surface area contributed by atoms with E-state index in [0.717, 1.165) is 78.6 Å². The van der Waals surface area contributed by atoms with Crippen molar-refractivity contribution in [3.63, 3.8) is 0 Å². The number of rotatable bonds is 13. The lowest BCUT2D eigenvalue weighted by Crippen LogP contribution is -2.10. The van der Waals surface area contributed by atoms with Crippen molar-refractivity contribution >= 4 is 69.4 Å². The SMILES string of the molecule is O=C1/C(=C\C=C\c2ccc(N(c3ccccc3)c3ccc(-c4ccc(N(c5ccccc5)c5ccc(/C=C/C=C6\C(=O)c7ccc(-c8ccccc8)cc7C6=O)cc5)cc4)cc3)cc2)C(=O)c2cc(-c3ccccc3)ccc21. The van der Waals surface area contributed by atoms with Gasteiger partial charge < -0.3 is 9.80 Å². The molecule has 370 valence electrons. The maximum atomic E-state index is 13.4. The van der Waals surface area contributed by atoms with E-state index in [1.54, 1.807) is 36.4 Å². The van der Waals surface area contributed by atoms with Crippen LogP contribution in [0.15, 0.2) is 290 Å². The van der Waals surface area contributed by atoms with Gasteiger partial charge in [0, 0.05) is 56.4 Å². The van der Waals surface area contributed by atoms with Crippen LogP contribution >= 0.6 is 0 Å². The van der Waals surface area contributed by atoms with Gasteiger partial charge in [0.1, 0.15) is 0 Å². The molecule has 6 nitrogen and oxygen atoms in total. The lowest BCUT2D eigenvalue weighted by molar-refractivity contribution is 0.0973. The highest BCUT2D eigenvalue weighted by atomic mass is 16.2. The average Bonchev–Trinajstić information content (AvgIpc) is 3.97. The van der Waals surface area contributed by atoms with E-state index in [0.29, 0.717) is 22.3 Å². The second kappa shape index (κ2) is 21.4. The number of benzene rings is 10. The molecule has 78 heavy (non-hydrogen) atoms. The van der Waals surface area contributed by atoms with Gasteiger partial charge in [-0.1, -0.05) is 182 Å². The molecule has 10 aromatic carbocycles. The van der Waals surface area contributed by atoms with Crippen LogP contribution in [0.1, 0.15) is 52.6 Å². The number of fused-ring (bicyclic) bond motifs is 2. The number of ketones is 4. The summed E-state index contributed by atoms with van der Waals surface area (Å²) in [6.07, 6.45) is 10.6. The van der Waals surface area contributed by atoms with Crippen molar-refractivity contribution in [1.82, 2.24) is 0 Å². The van der Waals surface area contributed by atoms with Crippen LogP contribution in [0.25, 0.3) is 45.5 Å². The van der Waals surface area contributed by atoms with Gasteiger partial charge in [-0.25, -0.2) is 0 Å². The van der Waals surface area contributed by atoms with E-state index in [1.165, 1.54) is 0 Å². The summed E-state index contributed by atoms with van der Waals surface area (Å²) in [6, 6.07) is 84.7. The molecule has 0 saturated heterocycles. The first-order valence-corrected chi connectivity index (χ1v) is 25.8. The lowest BCUT2D eigenvalue weighted by Gasteiger charge is -2.26. The Kier molecular flexibility index (Phi) is 13.2. The normalized spacial score (nSPS) is 13.9. The van der Waals surface area contributed by atoms with Crippen molar-refractivity contribution in [2.24, 2.45) is 0 Å². The maximum Gasteiger partial charge on any atom is 0.197 e. The summed E-state index contributed by atoms with van der Waals surface area (Å²) < 4.78 is 0. The maximum absolute atomic E-state index is 13.4. The number of carbonyl (C=O) groups excluding carboxylic acids is 4. The summed E-state index contributed by atoms with van der Waals surface area (Å²) in [7, 11) is 0. The van der Waals surface area contributed by atoms with Crippen molar-refractivity contribution in [2.75, 3.05) is 9.80 Å². The second-order valence-corrected chi connectivity index (χ2v) is 19.1. The van der Waals surface area contributed by atoms with E-state index < -0.39 is 0 Å². The van der Waals surface area contributed by atoms with Crippen LogP contribution in [-0.4, -0.2) is 23.1 Å². The Morgan fingerprint density at radius 3 is 0.859 bits per heavy atom. The number of anilines is 6. The summed E-state index contributed by atoms with van der Waals surface area (Å²) in [5.41, 5.74) is 15.9. The monoisotopic (exact) mass is 1000 g/mol. The molecule has 0 atom stereocenters. The van der Waals surface area contributed by atoms with Gasteiger partial charge in [0.15, 0.2) is 23.1 Å². The van der Waals surface area contributed by atoms with Crippen LogP contribution in [-0.2, 0) is 0 Å². The number of para-hydroxylation sites is 2. The molecule has 6 heteroatoms. The Bertz CT molecular complexity index is 3760. The Morgan fingerprint density at radius 1 is 0.244 bits per heavy atom. The zero-order valence-corrected chi connectivity index (χ0v) is 42.2. The van der Waals surface area contributed by atoms with Crippen LogP contribution in [0.4, 0.5) is 34.1 Å². The standard InChI is InChI=1S/C72H48N2O4/c75-69-63-45-35-55(51-17-5-1-6-18-51)47-67(63)71(77)65(69)25-13-15-49-27-37-59(38-28-49)73(57-21-9-3-10-22-57)61-41-31-53(32-42-61)54-33-43-62(44-34-54)74(58-23-11-4-12-24-58)60-39-29-50(30-40-60)16-14-26-66-70(76)64-46-36-56(48-68(64)72(66)78)52-19-7-2-8-20-52/h1-48H/b15-13+,16-14+,65-25+,66-26+. The third-order valence-corrected chi connectivity index (χ3v) is 14.2. The van der Waals surface area contributed by atoms with E-state index in [4.69, 9.17) is 0 Å². The van der Waals surface area contributed by atoms with Gasteiger partial charge in [0.05, 0.1) is 11.1 Å². The summed E-state index contributed by atoms with van der Waals surface area (Å²) in [6.45, 7) is 0. The number of nitrogens with zero attached hydrogens (tertiary/aromatic N) is 2. The molecule has 0 amide bonds. The number of allylic oxidation sites excluding steroid dienone is 6. The molecule has 0 aliphatic heterocycles. The minimum Gasteiger partial charge on any atom is -0.311 e. The van der Waals surface area contributed by atoms with E-state index >= 15 is 0 Å². The topological polar surface area (TPSA) is 74.8 Å². The quantitative estimate of drug-likeness (QED) is 0.0846. The predicted molar refractivity (Wildman–Crippen MR) is 317 cm³/mol. The lowest BCUT2D eigenvalue weighted by atomic mass is 10.0. The molecule has 0 heterocycles. The van der Waals surface area contributed by atoms with Crippen LogP contribution in [0.5, 0.6) is 0 Å².